The van der Waals surface area contributed by atoms with Gasteiger partial charge in [0, 0.05) is 24.9 Å². The molecule has 3 aromatic carbocycles. The van der Waals surface area contributed by atoms with Gasteiger partial charge in [0.25, 0.3) is 5.56 Å². The number of H-pyrrole nitrogens is 1. The van der Waals surface area contributed by atoms with E-state index >= 15 is 0 Å². The van der Waals surface area contributed by atoms with Crippen molar-refractivity contribution in [2.45, 2.75) is 70.4 Å². The van der Waals surface area contributed by atoms with Gasteiger partial charge in [-0.05, 0) is 92.1 Å². The van der Waals surface area contributed by atoms with Gasteiger partial charge in [-0.3, -0.25) is 9.59 Å². The second kappa shape index (κ2) is 13.5. The van der Waals surface area contributed by atoms with Crippen LogP contribution in [-0.2, 0) is 21.2 Å². The van der Waals surface area contributed by atoms with Gasteiger partial charge in [-0.15, -0.1) is 0 Å². The summed E-state index contributed by atoms with van der Waals surface area (Å²) >= 11 is 0. The quantitative estimate of drug-likeness (QED) is 0.160. The van der Waals surface area contributed by atoms with E-state index in [4.69, 9.17) is 0 Å². The number of nitrogens with zero attached hydrogens (tertiary/aromatic N) is 1. The Labute approximate surface area is 273 Å². The summed E-state index contributed by atoms with van der Waals surface area (Å²) in [6, 6.07) is 13.4. The molecule has 4 aromatic rings. The van der Waals surface area contributed by atoms with Crippen molar-refractivity contribution in [3.8, 4) is 0 Å². The van der Waals surface area contributed by atoms with Crippen molar-refractivity contribution in [1.82, 2.24) is 25.3 Å². The number of hydrogen-bond donors (Lipinski definition) is 5. The highest BCUT2D eigenvalue weighted by Crippen LogP contribution is 2.40. The standard InChI is InChI=1S/C35H39N5O6S/c1-19-20(2)22(4)32(23(5)21(19)3)47(45,46)40-30(34(42)43)18-31-37-28-14-13-24(16-27(28)33(41)39-31)10-9-15-36-35(44)38-29-17-26(29)25-11-7-6-8-12-25/h6-14,16,26,29-30,40H,15,17-18H2,1-5H3,(H,42,43)(H2,36,38,44)(H,37,39,41)/b10-9+/t26-,29?,30-/m0/s1. The number of nitrogens with one attached hydrogen (secondary N) is 4. The smallest absolute Gasteiger partial charge is 0.322 e. The number of urea groups is 1. The largest absolute Gasteiger partial charge is 0.480 e. The molecule has 47 heavy (non-hydrogen) atoms. The maximum absolute atomic E-state index is 13.5. The molecule has 1 fully saturated rings. The number of carbonyl (C=O) groups is 2. The fourth-order valence-corrected chi connectivity index (χ4v) is 7.67. The topological polar surface area (TPSA) is 170 Å². The molecular weight excluding hydrogens is 618 g/mol. The van der Waals surface area contributed by atoms with Crippen molar-refractivity contribution in [3.63, 3.8) is 0 Å². The van der Waals surface area contributed by atoms with E-state index in [1.807, 2.05) is 39.0 Å². The molecule has 246 valence electrons. The highest BCUT2D eigenvalue weighted by atomic mass is 32.2. The minimum atomic E-state index is -4.23. The SMILES string of the molecule is Cc1c(C)c(C)c(S(=O)(=O)N[C@@H](Cc2nc3ccc(/C=C/CNC(=O)NC4C[C@H]4c4ccccc4)cc3c(=O)[nH]2)C(=O)O)c(C)c1C. The molecule has 2 amide bonds. The summed E-state index contributed by atoms with van der Waals surface area (Å²) in [7, 11) is -4.23. The third kappa shape index (κ3) is 7.44. The Bertz CT molecular complexity index is 2030. The van der Waals surface area contributed by atoms with Crippen molar-refractivity contribution < 1.29 is 23.1 Å². The van der Waals surface area contributed by atoms with Crippen molar-refractivity contribution >= 4 is 39.0 Å². The van der Waals surface area contributed by atoms with E-state index in [9.17, 15) is 27.9 Å². The summed E-state index contributed by atoms with van der Waals surface area (Å²) in [5.41, 5.74) is 5.50. The van der Waals surface area contributed by atoms with Crippen LogP contribution in [0.15, 0.2) is 64.3 Å². The normalized spacial score (nSPS) is 16.7. The Morgan fingerprint density at radius 3 is 2.32 bits per heavy atom. The van der Waals surface area contributed by atoms with Crippen LogP contribution in [0.4, 0.5) is 4.79 Å². The van der Waals surface area contributed by atoms with Gasteiger partial charge in [0.15, 0.2) is 0 Å². The summed E-state index contributed by atoms with van der Waals surface area (Å²) in [5.74, 6) is -1.03. The summed E-state index contributed by atoms with van der Waals surface area (Å²) in [6.45, 7) is 9.28. The minimum absolute atomic E-state index is 0.0333. The molecule has 0 saturated heterocycles. The number of fused-ring (bicyclic) bond motifs is 1. The molecular formula is C35H39N5O6S. The minimum Gasteiger partial charge on any atom is -0.480 e. The molecule has 11 nitrogen and oxygen atoms in total. The molecule has 0 radical (unpaired) electrons. The molecule has 0 spiro atoms. The van der Waals surface area contributed by atoms with E-state index < -0.39 is 27.6 Å². The van der Waals surface area contributed by atoms with E-state index in [2.05, 4.69) is 37.5 Å². The summed E-state index contributed by atoms with van der Waals surface area (Å²) < 4.78 is 29.3. The van der Waals surface area contributed by atoms with E-state index in [0.717, 1.165) is 23.1 Å². The van der Waals surface area contributed by atoms with E-state index in [1.54, 1.807) is 44.2 Å². The van der Waals surface area contributed by atoms with Gasteiger partial charge in [0.2, 0.25) is 10.0 Å². The number of amides is 2. The molecule has 1 heterocycles. The zero-order valence-electron chi connectivity index (χ0n) is 27.0. The fourth-order valence-electron chi connectivity index (χ4n) is 5.88. The lowest BCUT2D eigenvalue weighted by Gasteiger charge is -2.21. The van der Waals surface area contributed by atoms with Gasteiger partial charge in [0.1, 0.15) is 11.9 Å². The fraction of sp³-hybridized carbons (Fsp3) is 0.314. The highest BCUT2D eigenvalue weighted by molar-refractivity contribution is 7.89. The zero-order valence-corrected chi connectivity index (χ0v) is 27.8. The second-order valence-corrected chi connectivity index (χ2v) is 13.7. The molecule has 1 unspecified atom stereocenters. The molecule has 0 aliphatic heterocycles. The summed E-state index contributed by atoms with van der Waals surface area (Å²) in [4.78, 5) is 44.5. The molecule has 1 aliphatic carbocycles. The molecule has 5 rings (SSSR count). The molecule has 1 aromatic heterocycles. The number of carbonyl (C=O) groups excluding carboxylic acids is 1. The monoisotopic (exact) mass is 657 g/mol. The molecule has 1 saturated carbocycles. The van der Waals surface area contributed by atoms with Crippen LogP contribution in [0.3, 0.4) is 0 Å². The van der Waals surface area contributed by atoms with Crippen LogP contribution >= 0.6 is 0 Å². The van der Waals surface area contributed by atoms with Gasteiger partial charge < -0.3 is 20.7 Å². The molecule has 5 N–H and O–H groups in total. The first-order chi connectivity index (χ1) is 22.3. The van der Waals surface area contributed by atoms with Crippen LogP contribution in [0.1, 0.15) is 57.1 Å². The van der Waals surface area contributed by atoms with Crippen molar-refractivity contribution in [2.24, 2.45) is 0 Å². The van der Waals surface area contributed by atoms with Gasteiger partial charge in [-0.2, -0.15) is 4.72 Å². The number of hydrogen-bond acceptors (Lipinski definition) is 6. The number of aromatic nitrogens is 2. The van der Waals surface area contributed by atoms with Crippen molar-refractivity contribution in [3.05, 3.63) is 110 Å². The van der Waals surface area contributed by atoms with Gasteiger partial charge in [0.05, 0.1) is 15.8 Å². The summed E-state index contributed by atoms with van der Waals surface area (Å²) in [6.07, 6.45) is 4.07. The number of carboxylic acids is 1. The lowest BCUT2D eigenvalue weighted by molar-refractivity contribution is -0.139. The Balaban J connectivity index is 1.23. The van der Waals surface area contributed by atoms with Crippen LogP contribution in [0.2, 0.25) is 0 Å². The molecule has 3 atom stereocenters. The predicted octanol–water partition coefficient (Wildman–Crippen LogP) is 4.31. The zero-order chi connectivity index (χ0) is 34.0. The molecule has 0 bridgehead atoms. The first-order valence-electron chi connectivity index (χ1n) is 15.4. The number of benzene rings is 3. The van der Waals surface area contributed by atoms with Gasteiger partial charge in [-0.1, -0.05) is 48.6 Å². The average Bonchev–Trinajstić information content (AvgIpc) is 3.80. The van der Waals surface area contributed by atoms with Crippen molar-refractivity contribution in [1.29, 1.82) is 0 Å². The van der Waals surface area contributed by atoms with Gasteiger partial charge in [-0.25, -0.2) is 18.2 Å². The first-order valence-corrected chi connectivity index (χ1v) is 16.9. The maximum atomic E-state index is 13.5. The lowest BCUT2D eigenvalue weighted by atomic mass is 9.95. The third-order valence-electron chi connectivity index (χ3n) is 9.00. The average molecular weight is 658 g/mol. The number of aliphatic carboxylic acids is 1. The Hall–Kier alpha value is -4.81. The first kappa shape index (κ1) is 33.6. The Morgan fingerprint density at radius 2 is 1.66 bits per heavy atom. The number of carboxylic acid groups (broad SMARTS) is 1. The number of rotatable bonds is 11. The van der Waals surface area contributed by atoms with E-state index in [1.165, 1.54) is 5.56 Å². The maximum Gasteiger partial charge on any atom is 0.322 e. The van der Waals surface area contributed by atoms with Crippen LogP contribution in [0.25, 0.3) is 17.0 Å². The number of aromatic amines is 1. The second-order valence-electron chi connectivity index (χ2n) is 12.1. The van der Waals surface area contributed by atoms with Crippen LogP contribution in [0.5, 0.6) is 0 Å². The molecule has 1 aliphatic rings. The summed E-state index contributed by atoms with van der Waals surface area (Å²) in [5, 5.41) is 16.0. The van der Waals surface area contributed by atoms with Gasteiger partial charge >= 0.3 is 12.0 Å². The predicted molar refractivity (Wildman–Crippen MR) is 181 cm³/mol. The third-order valence-corrected chi connectivity index (χ3v) is 10.7. The van der Waals surface area contributed by atoms with Crippen LogP contribution < -0.4 is 20.9 Å². The Kier molecular flexibility index (Phi) is 9.64. The Morgan fingerprint density at radius 1 is 1.00 bits per heavy atom. The van der Waals surface area contributed by atoms with E-state index in [0.29, 0.717) is 28.1 Å². The number of sulfonamides is 1. The van der Waals surface area contributed by atoms with E-state index in [-0.39, 0.29) is 41.1 Å². The lowest BCUT2D eigenvalue weighted by Crippen LogP contribution is -2.43. The highest BCUT2D eigenvalue weighted by Gasteiger charge is 2.39. The van der Waals surface area contributed by atoms with Crippen LogP contribution in [-0.4, -0.2) is 54.1 Å². The van der Waals surface area contributed by atoms with Crippen molar-refractivity contribution in [2.75, 3.05) is 6.54 Å². The van der Waals surface area contributed by atoms with Crippen LogP contribution in [0, 0.1) is 34.6 Å². The molecule has 12 heteroatoms.